The summed E-state index contributed by atoms with van der Waals surface area (Å²) in [5.74, 6) is 0. The van der Waals surface area contributed by atoms with Crippen LogP contribution < -0.4 is 26.2 Å². The highest BCUT2D eigenvalue weighted by Crippen LogP contribution is 2.62. The molecule has 0 radical (unpaired) electrons. The maximum Gasteiger partial charge on any atom is 0.252 e. The second-order valence-corrected chi connectivity index (χ2v) is 23.7. The SMILES string of the molecule is Cc1cc2c3c(c1)N(c1ccccc1-c1ccccc1)c1cc4c(cc1B3c1cc(C(C)(C)C)ccc1N2c1ccc(C(C)(C)C)cc1)-c1ccccc1C41c2ccccc2S(=O)(=O)c2ccccc21. The van der Waals surface area contributed by atoms with Gasteiger partial charge in [0.25, 0.3) is 6.71 Å². The van der Waals surface area contributed by atoms with Crippen molar-refractivity contribution >= 4 is 67.1 Å². The van der Waals surface area contributed by atoms with Gasteiger partial charge in [0, 0.05) is 34.0 Å². The molecule has 0 bridgehead atoms. The van der Waals surface area contributed by atoms with Crippen molar-refractivity contribution < 1.29 is 8.42 Å². The van der Waals surface area contributed by atoms with Crippen LogP contribution in [0.2, 0.25) is 0 Å². The van der Waals surface area contributed by atoms with Crippen molar-refractivity contribution in [2.75, 3.05) is 9.80 Å². The first kappa shape index (κ1) is 42.7. The van der Waals surface area contributed by atoms with Crippen LogP contribution in [0, 0.1) is 6.92 Å². The average Bonchev–Trinajstić information content (AvgIpc) is 3.64. The van der Waals surface area contributed by atoms with Crippen molar-refractivity contribution in [2.24, 2.45) is 0 Å². The molecular formula is C64H53BN2O2S. The molecular weight excluding hydrogens is 872 g/mol. The fraction of sp³-hybridized carbons (Fsp3) is 0.156. The largest absolute Gasteiger partial charge is 0.311 e. The van der Waals surface area contributed by atoms with Gasteiger partial charge in [-0.25, -0.2) is 8.42 Å². The number of benzene rings is 9. The zero-order valence-corrected chi connectivity index (χ0v) is 41.5. The Kier molecular flexibility index (Phi) is 9.03. The van der Waals surface area contributed by atoms with Gasteiger partial charge >= 0.3 is 0 Å². The van der Waals surface area contributed by atoms with E-state index in [0.29, 0.717) is 9.79 Å². The monoisotopic (exact) mass is 924 g/mol. The molecule has 70 heavy (non-hydrogen) atoms. The molecule has 4 aliphatic rings. The lowest BCUT2D eigenvalue weighted by atomic mass is 9.33. The van der Waals surface area contributed by atoms with Crippen molar-refractivity contribution in [3.63, 3.8) is 0 Å². The van der Waals surface area contributed by atoms with E-state index in [0.717, 1.165) is 72.8 Å². The van der Waals surface area contributed by atoms with Gasteiger partial charge in [-0.3, -0.25) is 0 Å². The minimum atomic E-state index is -3.83. The van der Waals surface area contributed by atoms with Crippen molar-refractivity contribution in [1.29, 1.82) is 0 Å². The highest BCUT2D eigenvalue weighted by Gasteiger charge is 2.55. The van der Waals surface area contributed by atoms with Gasteiger partial charge in [0.2, 0.25) is 9.84 Å². The predicted molar refractivity (Wildman–Crippen MR) is 291 cm³/mol. The van der Waals surface area contributed by atoms with E-state index < -0.39 is 15.3 Å². The van der Waals surface area contributed by atoms with Gasteiger partial charge in [-0.05, 0) is 144 Å². The van der Waals surface area contributed by atoms with Crippen LogP contribution in [-0.2, 0) is 26.1 Å². The lowest BCUT2D eigenvalue weighted by Gasteiger charge is -2.46. The zero-order valence-electron chi connectivity index (χ0n) is 40.7. The Hall–Kier alpha value is -7.41. The number of hydrogen-bond donors (Lipinski definition) is 0. The van der Waals surface area contributed by atoms with Crippen LogP contribution in [0.4, 0.5) is 34.1 Å². The van der Waals surface area contributed by atoms with E-state index in [-0.39, 0.29) is 17.5 Å². The lowest BCUT2D eigenvalue weighted by Crippen LogP contribution is -2.61. The molecule has 3 aliphatic heterocycles. The fourth-order valence-electron chi connectivity index (χ4n) is 12.4. The molecule has 9 aromatic rings. The topological polar surface area (TPSA) is 40.6 Å². The second kappa shape index (κ2) is 14.8. The van der Waals surface area contributed by atoms with Gasteiger partial charge in [-0.2, -0.15) is 0 Å². The van der Waals surface area contributed by atoms with E-state index in [1.807, 2.05) is 24.3 Å². The van der Waals surface area contributed by atoms with Crippen LogP contribution in [0.3, 0.4) is 0 Å². The summed E-state index contributed by atoms with van der Waals surface area (Å²) in [7, 11) is -3.83. The van der Waals surface area contributed by atoms with Crippen LogP contribution in [0.15, 0.2) is 204 Å². The number of para-hydroxylation sites is 1. The van der Waals surface area contributed by atoms with Crippen LogP contribution in [-0.4, -0.2) is 15.1 Å². The van der Waals surface area contributed by atoms with Crippen LogP contribution in [0.1, 0.15) is 80.5 Å². The number of aryl methyl sites for hydroxylation is 1. The Bertz CT molecular complexity index is 3740. The van der Waals surface area contributed by atoms with Gasteiger partial charge in [0.1, 0.15) is 0 Å². The molecule has 1 spiro atoms. The van der Waals surface area contributed by atoms with Gasteiger partial charge in [0.15, 0.2) is 0 Å². The summed E-state index contributed by atoms with van der Waals surface area (Å²) in [6.45, 7) is 15.8. The van der Waals surface area contributed by atoms with E-state index >= 15 is 0 Å². The first-order valence-electron chi connectivity index (χ1n) is 24.5. The minimum Gasteiger partial charge on any atom is -0.311 e. The van der Waals surface area contributed by atoms with Crippen LogP contribution in [0.25, 0.3) is 22.3 Å². The minimum absolute atomic E-state index is 0.0113. The highest BCUT2D eigenvalue weighted by molar-refractivity contribution is 7.91. The maximum atomic E-state index is 14.8. The molecule has 13 rings (SSSR count). The van der Waals surface area contributed by atoms with E-state index in [9.17, 15) is 8.42 Å². The molecule has 0 amide bonds. The fourth-order valence-corrected chi connectivity index (χ4v) is 14.2. The van der Waals surface area contributed by atoms with Gasteiger partial charge < -0.3 is 9.80 Å². The lowest BCUT2D eigenvalue weighted by molar-refractivity contribution is 0.580. The Morgan fingerprint density at radius 2 is 0.971 bits per heavy atom. The second-order valence-electron chi connectivity index (χ2n) is 21.8. The van der Waals surface area contributed by atoms with Crippen molar-refractivity contribution in [3.05, 3.63) is 233 Å². The third-order valence-corrected chi connectivity index (χ3v) is 17.5. The molecule has 340 valence electrons. The first-order valence-corrected chi connectivity index (χ1v) is 26.0. The molecule has 0 unspecified atom stereocenters. The van der Waals surface area contributed by atoms with E-state index in [2.05, 4.69) is 216 Å². The smallest absolute Gasteiger partial charge is 0.252 e. The van der Waals surface area contributed by atoms with Crippen molar-refractivity contribution in [3.8, 4) is 22.3 Å². The molecule has 0 saturated heterocycles. The Morgan fingerprint density at radius 1 is 0.429 bits per heavy atom. The Morgan fingerprint density at radius 3 is 1.63 bits per heavy atom. The summed E-state index contributed by atoms with van der Waals surface area (Å²) in [6, 6.07) is 69.8. The normalized spacial score (nSPS) is 15.3. The number of nitrogens with zero attached hydrogens (tertiary/aromatic N) is 2. The highest BCUT2D eigenvalue weighted by atomic mass is 32.2. The summed E-state index contributed by atoms with van der Waals surface area (Å²) in [5, 5.41) is 0. The summed E-state index contributed by atoms with van der Waals surface area (Å²) in [4.78, 5) is 5.76. The van der Waals surface area contributed by atoms with Crippen molar-refractivity contribution in [1.82, 2.24) is 0 Å². The molecule has 0 N–H and O–H groups in total. The predicted octanol–water partition coefficient (Wildman–Crippen LogP) is 13.8. The molecule has 3 heterocycles. The molecule has 6 heteroatoms. The number of rotatable bonds is 3. The van der Waals surface area contributed by atoms with E-state index in [4.69, 9.17) is 0 Å². The van der Waals surface area contributed by atoms with Crippen molar-refractivity contribution in [2.45, 2.75) is 74.5 Å². The number of sulfone groups is 1. The molecule has 0 atom stereocenters. The van der Waals surface area contributed by atoms with Crippen LogP contribution in [0.5, 0.6) is 0 Å². The molecule has 9 aromatic carbocycles. The molecule has 1 aliphatic carbocycles. The Labute approximate surface area is 412 Å². The van der Waals surface area contributed by atoms with Gasteiger partial charge in [-0.1, -0.05) is 181 Å². The number of hydrogen-bond acceptors (Lipinski definition) is 4. The standard InChI is InChI=1S/C64H53BN2O2S/c1-40-35-57-61-58(36-40)67(54-26-16-12-21-45(54)41-19-9-8-10-20-41)56-39-51-47(46-22-11-13-23-48(46)64(51)49-24-14-17-27-59(49)70(68,69)60-28-18-15-25-50(60)64)38-53(56)65(61)52-37-43(63(5,6)7)31-34-55(52)66(57)44-32-29-42(30-33-44)62(2,3)4/h8-39H,1-7H3. The number of fused-ring (bicyclic) bond motifs is 13. The summed E-state index contributed by atoms with van der Waals surface area (Å²) >= 11 is 0. The molecule has 4 nitrogen and oxygen atoms in total. The van der Waals surface area contributed by atoms with Gasteiger partial charge in [0.05, 0.1) is 20.9 Å². The molecule has 0 fully saturated rings. The zero-order chi connectivity index (χ0) is 48.1. The van der Waals surface area contributed by atoms with E-state index in [1.165, 1.54) is 38.9 Å². The molecule has 0 saturated carbocycles. The third kappa shape index (κ3) is 5.86. The summed E-state index contributed by atoms with van der Waals surface area (Å²) in [5.41, 5.74) is 21.5. The average molecular weight is 925 g/mol. The summed E-state index contributed by atoms with van der Waals surface area (Å²) in [6.07, 6.45) is 0. The third-order valence-electron chi connectivity index (χ3n) is 15.6. The molecule has 0 aromatic heterocycles. The number of anilines is 6. The first-order chi connectivity index (χ1) is 33.7. The quantitative estimate of drug-likeness (QED) is 0.166. The van der Waals surface area contributed by atoms with Gasteiger partial charge in [-0.15, -0.1) is 0 Å². The van der Waals surface area contributed by atoms with Crippen LogP contribution >= 0.6 is 0 Å². The van der Waals surface area contributed by atoms with E-state index in [1.54, 1.807) is 12.1 Å². The Balaban J connectivity index is 1.18. The maximum absolute atomic E-state index is 14.8. The summed E-state index contributed by atoms with van der Waals surface area (Å²) < 4.78 is 29.6.